The fourth-order valence-electron chi connectivity index (χ4n) is 3.67. The number of amides is 5. The van der Waals surface area contributed by atoms with Gasteiger partial charge in [-0.25, -0.2) is 9.69 Å². The maximum Gasteiger partial charge on any atom is 0.335 e. The van der Waals surface area contributed by atoms with Crippen molar-refractivity contribution in [1.82, 2.24) is 5.32 Å². The standard InChI is InChI=1S/C27H21Cl2N3O6/c1-15-7-9-17(28)13-21(15)32-26(35)18(25(34)31-27(32)36)11-16-8-10-22(19(29)12-16)38-14-24(33)30-20-5-3-4-6-23(20)37-2/h3-13H,14H2,1-2H3,(H,30,33)(H,31,34,36)/b18-11+. The Hall–Kier alpha value is -4.34. The second-order valence-electron chi connectivity index (χ2n) is 8.12. The first-order valence-corrected chi connectivity index (χ1v) is 12.0. The Morgan fingerprint density at radius 3 is 2.53 bits per heavy atom. The van der Waals surface area contributed by atoms with Gasteiger partial charge in [-0.3, -0.25) is 19.7 Å². The molecule has 1 aliphatic heterocycles. The van der Waals surface area contributed by atoms with E-state index >= 15 is 0 Å². The summed E-state index contributed by atoms with van der Waals surface area (Å²) in [6.45, 7) is 1.39. The van der Waals surface area contributed by atoms with Crippen molar-refractivity contribution in [2.24, 2.45) is 0 Å². The van der Waals surface area contributed by atoms with E-state index in [1.807, 2.05) is 0 Å². The van der Waals surface area contributed by atoms with Crippen LogP contribution in [0.1, 0.15) is 11.1 Å². The molecule has 5 amide bonds. The number of nitrogens with one attached hydrogen (secondary N) is 2. The van der Waals surface area contributed by atoms with E-state index in [0.717, 1.165) is 4.90 Å². The molecule has 0 spiro atoms. The number of imide groups is 2. The minimum absolute atomic E-state index is 0.145. The van der Waals surface area contributed by atoms with Crippen LogP contribution >= 0.6 is 23.2 Å². The molecule has 1 aliphatic rings. The lowest BCUT2D eigenvalue weighted by molar-refractivity contribution is -0.122. The number of para-hydroxylation sites is 2. The highest BCUT2D eigenvalue weighted by Crippen LogP contribution is 2.30. The van der Waals surface area contributed by atoms with E-state index < -0.39 is 23.8 Å². The van der Waals surface area contributed by atoms with Crippen LogP contribution in [0.2, 0.25) is 10.0 Å². The molecule has 4 rings (SSSR count). The summed E-state index contributed by atoms with van der Waals surface area (Å²) in [6.07, 6.45) is 1.31. The van der Waals surface area contributed by atoms with Gasteiger partial charge in [0.05, 0.1) is 23.5 Å². The van der Waals surface area contributed by atoms with E-state index in [1.54, 1.807) is 49.4 Å². The van der Waals surface area contributed by atoms with E-state index in [9.17, 15) is 19.2 Å². The highest BCUT2D eigenvalue weighted by Gasteiger charge is 2.37. The van der Waals surface area contributed by atoms with Gasteiger partial charge in [0.25, 0.3) is 17.7 Å². The number of halogens is 2. The van der Waals surface area contributed by atoms with Crippen molar-refractivity contribution in [3.05, 3.63) is 87.4 Å². The number of ether oxygens (including phenoxy) is 2. The third-order valence-corrected chi connectivity index (χ3v) is 6.05. The summed E-state index contributed by atoms with van der Waals surface area (Å²) < 4.78 is 10.7. The molecule has 9 nitrogen and oxygen atoms in total. The molecule has 194 valence electrons. The van der Waals surface area contributed by atoms with Crippen LogP contribution in [0, 0.1) is 6.92 Å². The number of hydrogen-bond acceptors (Lipinski definition) is 6. The van der Waals surface area contributed by atoms with Crippen LogP contribution in [-0.4, -0.2) is 37.5 Å². The topological polar surface area (TPSA) is 114 Å². The van der Waals surface area contributed by atoms with Crippen molar-refractivity contribution < 1.29 is 28.7 Å². The van der Waals surface area contributed by atoms with Crippen LogP contribution in [0.3, 0.4) is 0 Å². The predicted molar refractivity (Wildman–Crippen MR) is 144 cm³/mol. The number of hydrogen-bond donors (Lipinski definition) is 2. The van der Waals surface area contributed by atoms with Gasteiger partial charge in [-0.2, -0.15) is 0 Å². The average molecular weight is 554 g/mol. The maximum absolute atomic E-state index is 13.2. The number of rotatable bonds is 7. The van der Waals surface area contributed by atoms with Crippen molar-refractivity contribution in [1.29, 1.82) is 0 Å². The second-order valence-corrected chi connectivity index (χ2v) is 8.96. The van der Waals surface area contributed by atoms with Crippen LogP contribution in [0.25, 0.3) is 6.08 Å². The summed E-state index contributed by atoms with van der Waals surface area (Å²) in [5.74, 6) is -1.37. The number of barbiturate groups is 1. The molecule has 1 heterocycles. The summed E-state index contributed by atoms with van der Waals surface area (Å²) in [7, 11) is 1.50. The zero-order valence-electron chi connectivity index (χ0n) is 20.2. The van der Waals surface area contributed by atoms with Crippen molar-refractivity contribution in [2.75, 3.05) is 23.9 Å². The van der Waals surface area contributed by atoms with E-state index in [0.29, 0.717) is 27.6 Å². The second kappa shape index (κ2) is 11.4. The van der Waals surface area contributed by atoms with Gasteiger partial charge in [0, 0.05) is 5.02 Å². The molecule has 0 aliphatic carbocycles. The molecule has 1 saturated heterocycles. The van der Waals surface area contributed by atoms with Crippen LogP contribution in [0.5, 0.6) is 11.5 Å². The molecule has 38 heavy (non-hydrogen) atoms. The Morgan fingerprint density at radius 1 is 1.03 bits per heavy atom. The molecule has 3 aromatic carbocycles. The number of methoxy groups -OCH3 is 1. The normalized spacial score (nSPS) is 14.4. The lowest BCUT2D eigenvalue weighted by Gasteiger charge is -2.27. The highest BCUT2D eigenvalue weighted by molar-refractivity contribution is 6.40. The maximum atomic E-state index is 13.2. The van der Waals surface area contributed by atoms with Gasteiger partial charge in [-0.1, -0.05) is 47.5 Å². The zero-order valence-corrected chi connectivity index (χ0v) is 21.7. The molecule has 2 N–H and O–H groups in total. The fraction of sp³-hybridized carbons (Fsp3) is 0.111. The first kappa shape index (κ1) is 26.7. The van der Waals surface area contributed by atoms with Gasteiger partial charge in [0.1, 0.15) is 17.1 Å². The minimum atomic E-state index is -0.879. The third kappa shape index (κ3) is 5.80. The summed E-state index contributed by atoms with van der Waals surface area (Å²) in [4.78, 5) is 51.3. The van der Waals surface area contributed by atoms with Gasteiger partial charge < -0.3 is 14.8 Å². The largest absolute Gasteiger partial charge is 0.495 e. The Kier molecular flexibility index (Phi) is 7.99. The Balaban J connectivity index is 1.50. The van der Waals surface area contributed by atoms with Crippen molar-refractivity contribution in [3.63, 3.8) is 0 Å². The van der Waals surface area contributed by atoms with Crippen molar-refractivity contribution in [3.8, 4) is 11.5 Å². The average Bonchev–Trinajstić information content (AvgIpc) is 2.88. The first-order valence-electron chi connectivity index (χ1n) is 11.2. The molecular formula is C27H21Cl2N3O6. The van der Waals surface area contributed by atoms with Crippen molar-refractivity contribution in [2.45, 2.75) is 6.92 Å². The van der Waals surface area contributed by atoms with Gasteiger partial charge >= 0.3 is 6.03 Å². The Labute approximate surface area is 227 Å². The van der Waals surface area contributed by atoms with Crippen LogP contribution in [0.4, 0.5) is 16.2 Å². The number of anilines is 2. The molecule has 0 bridgehead atoms. The number of aryl methyl sites for hydroxylation is 1. The number of benzene rings is 3. The predicted octanol–water partition coefficient (Wildman–Crippen LogP) is 4.99. The number of nitrogens with zero attached hydrogens (tertiary/aromatic N) is 1. The lowest BCUT2D eigenvalue weighted by atomic mass is 10.1. The highest BCUT2D eigenvalue weighted by atomic mass is 35.5. The lowest BCUT2D eigenvalue weighted by Crippen LogP contribution is -2.54. The molecule has 1 fully saturated rings. The summed E-state index contributed by atoms with van der Waals surface area (Å²) in [5.41, 5.74) is 1.49. The summed E-state index contributed by atoms with van der Waals surface area (Å²) in [6, 6.07) is 15.3. The quantitative estimate of drug-likeness (QED) is 0.314. The molecule has 11 heteroatoms. The summed E-state index contributed by atoms with van der Waals surface area (Å²) >= 11 is 12.4. The zero-order chi connectivity index (χ0) is 27.4. The number of urea groups is 1. The van der Waals surface area contributed by atoms with Gasteiger partial charge in [0.15, 0.2) is 6.61 Å². The smallest absolute Gasteiger partial charge is 0.335 e. The Morgan fingerprint density at radius 2 is 1.79 bits per heavy atom. The van der Waals surface area contributed by atoms with E-state index in [-0.39, 0.29) is 28.6 Å². The van der Waals surface area contributed by atoms with Gasteiger partial charge in [-0.15, -0.1) is 0 Å². The Bertz CT molecular complexity index is 1490. The molecule has 0 atom stereocenters. The van der Waals surface area contributed by atoms with Crippen LogP contribution < -0.4 is 25.0 Å². The van der Waals surface area contributed by atoms with Crippen molar-refractivity contribution >= 4 is 64.4 Å². The molecule has 0 unspecified atom stereocenters. The molecule has 0 radical (unpaired) electrons. The van der Waals surface area contributed by atoms with E-state index in [4.69, 9.17) is 32.7 Å². The van der Waals surface area contributed by atoms with Gasteiger partial charge in [0.2, 0.25) is 0 Å². The molecule has 0 saturated carbocycles. The minimum Gasteiger partial charge on any atom is -0.495 e. The van der Waals surface area contributed by atoms with E-state index in [2.05, 4.69) is 10.6 Å². The SMILES string of the molecule is COc1ccccc1NC(=O)COc1ccc(/C=C2\C(=O)NC(=O)N(c3cc(Cl)ccc3C)C2=O)cc1Cl. The number of carbonyl (C=O) groups is 4. The monoisotopic (exact) mass is 553 g/mol. The van der Waals surface area contributed by atoms with Crippen LogP contribution in [0.15, 0.2) is 66.2 Å². The third-order valence-electron chi connectivity index (χ3n) is 5.52. The van der Waals surface area contributed by atoms with Crippen LogP contribution in [-0.2, 0) is 14.4 Å². The fourth-order valence-corrected chi connectivity index (χ4v) is 4.08. The van der Waals surface area contributed by atoms with Gasteiger partial charge in [-0.05, 0) is 60.5 Å². The first-order chi connectivity index (χ1) is 18.2. The molecular weight excluding hydrogens is 533 g/mol. The number of carbonyl (C=O) groups excluding carboxylic acids is 4. The molecule has 3 aromatic rings. The van der Waals surface area contributed by atoms with E-state index in [1.165, 1.54) is 31.4 Å². The summed E-state index contributed by atoms with van der Waals surface area (Å²) in [5, 5.41) is 5.33. The molecule has 0 aromatic heterocycles.